The molecule has 2 rings (SSSR count). The Morgan fingerprint density at radius 2 is 2.04 bits per heavy atom. The first-order valence-electron chi connectivity index (χ1n) is 7.60. The van der Waals surface area contributed by atoms with Crippen molar-refractivity contribution < 1.29 is 18.0 Å². The van der Waals surface area contributed by atoms with Crippen molar-refractivity contribution in [1.29, 1.82) is 0 Å². The normalized spacial score (nSPS) is 11.6. The van der Waals surface area contributed by atoms with E-state index in [9.17, 15) is 18.0 Å². The van der Waals surface area contributed by atoms with E-state index in [0.717, 1.165) is 4.90 Å². The van der Waals surface area contributed by atoms with Gasteiger partial charge in [-0.2, -0.15) is 18.3 Å². The molecule has 0 unspecified atom stereocenters. The number of halogens is 4. The number of nitrogens with zero attached hydrogens (tertiary/aromatic N) is 3. The van der Waals surface area contributed by atoms with Crippen molar-refractivity contribution in [3.8, 4) is 5.69 Å². The summed E-state index contributed by atoms with van der Waals surface area (Å²) < 4.78 is 39.7. The Kier molecular flexibility index (Phi) is 6.07. The van der Waals surface area contributed by atoms with Crippen molar-refractivity contribution in [1.82, 2.24) is 14.7 Å². The molecule has 136 valence electrons. The second-order valence-corrected chi connectivity index (χ2v) is 5.90. The van der Waals surface area contributed by atoms with Gasteiger partial charge in [0.25, 0.3) is 5.91 Å². The van der Waals surface area contributed by atoms with Gasteiger partial charge < -0.3 is 10.6 Å². The van der Waals surface area contributed by atoms with Gasteiger partial charge in [-0.25, -0.2) is 4.68 Å². The van der Waals surface area contributed by atoms with Gasteiger partial charge in [-0.05, 0) is 32.0 Å². The molecule has 0 bridgehead atoms. The maximum atomic E-state index is 12.8. The number of alkyl halides is 3. The Morgan fingerprint density at radius 3 is 2.64 bits per heavy atom. The van der Waals surface area contributed by atoms with Crippen LogP contribution in [0, 0.1) is 6.92 Å². The quantitative estimate of drug-likeness (QED) is 0.844. The zero-order valence-electron chi connectivity index (χ0n) is 13.6. The molecule has 0 saturated heterocycles. The van der Waals surface area contributed by atoms with E-state index in [0.29, 0.717) is 16.4 Å². The number of nitrogens with two attached hydrogens (primary N) is 1. The summed E-state index contributed by atoms with van der Waals surface area (Å²) in [5, 5.41) is 4.53. The van der Waals surface area contributed by atoms with Crippen LogP contribution in [-0.2, 0) is 0 Å². The van der Waals surface area contributed by atoms with E-state index < -0.39 is 18.6 Å². The van der Waals surface area contributed by atoms with Crippen LogP contribution in [0.1, 0.15) is 22.5 Å². The topological polar surface area (TPSA) is 64.2 Å². The zero-order chi connectivity index (χ0) is 18.6. The third-order valence-electron chi connectivity index (χ3n) is 3.61. The summed E-state index contributed by atoms with van der Waals surface area (Å²) in [6, 6.07) is 6.87. The van der Waals surface area contributed by atoms with Gasteiger partial charge in [0, 0.05) is 6.54 Å². The molecular weight excluding hydrogens is 357 g/mol. The maximum absolute atomic E-state index is 12.8. The first kappa shape index (κ1) is 19.3. The van der Waals surface area contributed by atoms with Gasteiger partial charge >= 0.3 is 6.18 Å². The smallest absolute Gasteiger partial charge is 0.330 e. The van der Waals surface area contributed by atoms with E-state index >= 15 is 0 Å². The van der Waals surface area contributed by atoms with Crippen LogP contribution in [-0.4, -0.2) is 46.4 Å². The van der Waals surface area contributed by atoms with Crippen molar-refractivity contribution in [3.05, 3.63) is 46.7 Å². The fourth-order valence-corrected chi connectivity index (χ4v) is 2.62. The fourth-order valence-electron chi connectivity index (χ4n) is 2.41. The molecule has 1 aromatic carbocycles. The van der Waals surface area contributed by atoms with Crippen molar-refractivity contribution in [3.63, 3.8) is 0 Å². The Bertz CT molecular complexity index is 745. The van der Waals surface area contributed by atoms with Crippen LogP contribution in [0.25, 0.3) is 5.69 Å². The molecule has 0 fully saturated rings. The largest absolute Gasteiger partial charge is 0.406 e. The Hall–Kier alpha value is -2.06. The molecule has 1 amide bonds. The maximum Gasteiger partial charge on any atom is 0.406 e. The highest BCUT2D eigenvalue weighted by Crippen LogP contribution is 2.24. The van der Waals surface area contributed by atoms with Gasteiger partial charge in [0.1, 0.15) is 6.54 Å². The predicted molar refractivity (Wildman–Crippen MR) is 88.9 cm³/mol. The van der Waals surface area contributed by atoms with Gasteiger partial charge in [0.2, 0.25) is 0 Å². The van der Waals surface area contributed by atoms with Crippen LogP contribution in [0.3, 0.4) is 0 Å². The number of benzene rings is 1. The average Bonchev–Trinajstić information content (AvgIpc) is 2.91. The minimum Gasteiger partial charge on any atom is -0.330 e. The van der Waals surface area contributed by atoms with Crippen LogP contribution in [0.5, 0.6) is 0 Å². The number of carbonyl (C=O) groups is 1. The number of para-hydroxylation sites is 1. The molecule has 1 heterocycles. The average molecular weight is 375 g/mol. The highest BCUT2D eigenvalue weighted by Gasteiger charge is 2.34. The van der Waals surface area contributed by atoms with E-state index in [1.54, 1.807) is 31.2 Å². The van der Waals surface area contributed by atoms with Crippen molar-refractivity contribution in [2.75, 3.05) is 19.6 Å². The van der Waals surface area contributed by atoms with Crippen LogP contribution in [0.15, 0.2) is 30.5 Å². The van der Waals surface area contributed by atoms with E-state index in [1.165, 1.54) is 10.9 Å². The Morgan fingerprint density at radius 1 is 1.36 bits per heavy atom. The second kappa shape index (κ2) is 7.88. The summed E-state index contributed by atoms with van der Waals surface area (Å²) in [6.45, 7) is 0.395. The predicted octanol–water partition coefficient (Wildman–Crippen LogP) is 3.19. The number of hydrogen-bond donors (Lipinski definition) is 1. The lowest BCUT2D eigenvalue weighted by atomic mass is 10.2. The molecule has 0 aliphatic carbocycles. The molecule has 0 aliphatic rings. The van der Waals surface area contributed by atoms with Crippen LogP contribution < -0.4 is 5.73 Å². The highest BCUT2D eigenvalue weighted by molar-refractivity contribution is 6.32. The minimum atomic E-state index is -4.49. The fraction of sp³-hybridized carbons (Fsp3) is 0.375. The standard InChI is InChI=1S/C16H18ClF3N4O/c1-11-12(9-22-24(11)14-6-3-2-5-13(14)17)15(25)23(8-4-7-21)10-16(18,19)20/h2-3,5-6,9H,4,7-8,10,21H2,1H3. The lowest BCUT2D eigenvalue weighted by Crippen LogP contribution is -2.40. The summed E-state index contributed by atoms with van der Waals surface area (Å²) in [4.78, 5) is 13.3. The van der Waals surface area contributed by atoms with Gasteiger partial charge in [-0.1, -0.05) is 23.7 Å². The molecule has 0 aliphatic heterocycles. The van der Waals surface area contributed by atoms with Crippen LogP contribution in [0.4, 0.5) is 13.2 Å². The molecule has 0 atom stereocenters. The number of rotatable bonds is 6. The van der Waals surface area contributed by atoms with Crippen molar-refractivity contribution >= 4 is 17.5 Å². The second-order valence-electron chi connectivity index (χ2n) is 5.49. The molecule has 0 saturated carbocycles. The minimum absolute atomic E-state index is 0.0778. The monoisotopic (exact) mass is 374 g/mol. The van der Waals surface area contributed by atoms with E-state index in [-0.39, 0.29) is 25.1 Å². The molecule has 1 aromatic heterocycles. The summed E-state index contributed by atoms with van der Waals surface area (Å²) in [7, 11) is 0. The first-order chi connectivity index (χ1) is 11.7. The van der Waals surface area contributed by atoms with Crippen molar-refractivity contribution in [2.45, 2.75) is 19.5 Å². The third kappa shape index (κ3) is 4.73. The summed E-state index contributed by atoms with van der Waals surface area (Å²) >= 11 is 6.12. The molecule has 25 heavy (non-hydrogen) atoms. The number of amides is 1. The lowest BCUT2D eigenvalue weighted by Gasteiger charge is -2.23. The van der Waals surface area contributed by atoms with Gasteiger partial charge in [0.05, 0.1) is 28.2 Å². The van der Waals surface area contributed by atoms with Gasteiger partial charge in [-0.15, -0.1) is 0 Å². The lowest BCUT2D eigenvalue weighted by molar-refractivity contribution is -0.140. The number of aromatic nitrogens is 2. The van der Waals surface area contributed by atoms with E-state index in [2.05, 4.69) is 5.10 Å². The SMILES string of the molecule is Cc1c(C(=O)N(CCCN)CC(F)(F)F)cnn1-c1ccccc1Cl. The summed E-state index contributed by atoms with van der Waals surface area (Å²) in [5.74, 6) is -0.735. The molecule has 5 nitrogen and oxygen atoms in total. The Balaban J connectivity index is 2.33. The molecule has 2 N–H and O–H groups in total. The molecule has 0 spiro atoms. The molecular formula is C16H18ClF3N4O. The summed E-state index contributed by atoms with van der Waals surface area (Å²) in [6.07, 6.45) is -2.96. The van der Waals surface area contributed by atoms with E-state index in [4.69, 9.17) is 17.3 Å². The Labute approximate surface area is 148 Å². The zero-order valence-corrected chi connectivity index (χ0v) is 14.3. The molecule has 2 aromatic rings. The highest BCUT2D eigenvalue weighted by atomic mass is 35.5. The molecule has 0 radical (unpaired) electrons. The third-order valence-corrected chi connectivity index (χ3v) is 3.93. The number of hydrogen-bond acceptors (Lipinski definition) is 3. The van der Waals surface area contributed by atoms with Crippen LogP contribution >= 0.6 is 11.6 Å². The van der Waals surface area contributed by atoms with Crippen LogP contribution in [0.2, 0.25) is 5.02 Å². The van der Waals surface area contributed by atoms with Crippen molar-refractivity contribution in [2.24, 2.45) is 5.73 Å². The summed E-state index contributed by atoms with van der Waals surface area (Å²) in [5.41, 5.74) is 6.42. The first-order valence-corrected chi connectivity index (χ1v) is 7.98. The number of carbonyl (C=O) groups excluding carboxylic acids is 1. The van der Waals surface area contributed by atoms with Gasteiger partial charge in [0.15, 0.2) is 0 Å². The van der Waals surface area contributed by atoms with Gasteiger partial charge in [-0.3, -0.25) is 4.79 Å². The molecule has 9 heteroatoms. The van der Waals surface area contributed by atoms with E-state index in [1.807, 2.05) is 0 Å².